The predicted octanol–water partition coefficient (Wildman–Crippen LogP) is 8.53. The molecule has 35 heavy (non-hydrogen) atoms. The van der Waals surface area contributed by atoms with Crippen molar-refractivity contribution in [1.82, 2.24) is 0 Å². The number of anilines is 3. The quantitative estimate of drug-likeness (QED) is 0.293. The van der Waals surface area contributed by atoms with E-state index in [1.165, 1.54) is 22.3 Å². The maximum Gasteiger partial charge on any atom is 0.328 e. The molecule has 0 spiro atoms. The van der Waals surface area contributed by atoms with Crippen molar-refractivity contribution in [2.45, 2.75) is 33.1 Å². The summed E-state index contributed by atoms with van der Waals surface area (Å²) in [6.45, 7) is 8.76. The van der Waals surface area contributed by atoms with Gasteiger partial charge in [-0.2, -0.15) is 0 Å². The number of aryl methyl sites for hydroxylation is 1. The Kier molecular flexibility index (Phi) is 6.88. The summed E-state index contributed by atoms with van der Waals surface area (Å²) in [4.78, 5) is 13.0. The molecule has 0 aliphatic carbocycles. The molecule has 4 aromatic carbocycles. The highest BCUT2D eigenvalue weighted by Gasteiger charge is 2.14. The number of benzene rings is 4. The second-order valence-electron chi connectivity index (χ2n) is 9.81. The van der Waals surface area contributed by atoms with Crippen LogP contribution in [0.4, 0.5) is 17.1 Å². The first-order chi connectivity index (χ1) is 16.7. The van der Waals surface area contributed by atoms with Gasteiger partial charge in [0.15, 0.2) is 0 Å². The van der Waals surface area contributed by atoms with E-state index in [-0.39, 0.29) is 5.41 Å². The summed E-state index contributed by atoms with van der Waals surface area (Å²) in [7, 11) is 0. The van der Waals surface area contributed by atoms with Crippen LogP contribution in [0.15, 0.2) is 103 Å². The van der Waals surface area contributed by atoms with Crippen LogP contribution in [-0.4, -0.2) is 11.1 Å². The molecule has 4 aromatic rings. The van der Waals surface area contributed by atoms with Crippen molar-refractivity contribution < 1.29 is 9.90 Å². The van der Waals surface area contributed by atoms with Crippen molar-refractivity contribution in [3.05, 3.63) is 120 Å². The van der Waals surface area contributed by atoms with E-state index in [9.17, 15) is 4.79 Å². The molecule has 4 rings (SSSR count). The number of carbonyl (C=O) groups is 1. The van der Waals surface area contributed by atoms with Gasteiger partial charge in [-0.05, 0) is 77.1 Å². The Bertz CT molecular complexity index is 1310. The molecule has 0 bridgehead atoms. The van der Waals surface area contributed by atoms with E-state index >= 15 is 0 Å². The van der Waals surface area contributed by atoms with Crippen LogP contribution in [-0.2, 0) is 10.2 Å². The van der Waals surface area contributed by atoms with Crippen molar-refractivity contribution in [3.63, 3.8) is 0 Å². The van der Waals surface area contributed by atoms with Crippen molar-refractivity contribution in [1.29, 1.82) is 0 Å². The third-order valence-corrected chi connectivity index (χ3v) is 6.07. The largest absolute Gasteiger partial charge is 0.478 e. The van der Waals surface area contributed by atoms with Gasteiger partial charge in [0.05, 0.1) is 0 Å². The van der Waals surface area contributed by atoms with Gasteiger partial charge in [-0.25, -0.2) is 4.79 Å². The molecule has 176 valence electrons. The first-order valence-electron chi connectivity index (χ1n) is 11.8. The maximum absolute atomic E-state index is 10.8. The molecule has 0 aromatic heterocycles. The average Bonchev–Trinajstić information content (AvgIpc) is 2.85. The molecular weight excluding hydrogens is 430 g/mol. The van der Waals surface area contributed by atoms with Crippen molar-refractivity contribution >= 4 is 29.1 Å². The second kappa shape index (κ2) is 10.0. The Morgan fingerprint density at radius 1 is 0.686 bits per heavy atom. The Morgan fingerprint density at radius 3 is 1.57 bits per heavy atom. The van der Waals surface area contributed by atoms with E-state index in [0.29, 0.717) is 0 Å². The summed E-state index contributed by atoms with van der Waals surface area (Å²) in [6, 6.07) is 33.8. The van der Waals surface area contributed by atoms with Gasteiger partial charge < -0.3 is 10.0 Å². The van der Waals surface area contributed by atoms with E-state index in [1.54, 1.807) is 6.08 Å². The van der Waals surface area contributed by atoms with Gasteiger partial charge in [-0.15, -0.1) is 0 Å². The highest BCUT2D eigenvalue weighted by Crippen LogP contribution is 2.36. The minimum Gasteiger partial charge on any atom is -0.478 e. The SMILES string of the molecule is Cc1ccc(N(c2ccc(/C=C/C(=O)O)cc2)c2ccc(-c3ccc(C(C)(C)C)cc3)cc2)cc1. The van der Waals surface area contributed by atoms with Crippen molar-refractivity contribution in [2.24, 2.45) is 0 Å². The lowest BCUT2D eigenvalue weighted by Crippen LogP contribution is -2.10. The molecule has 0 fully saturated rings. The lowest BCUT2D eigenvalue weighted by molar-refractivity contribution is -0.131. The predicted molar refractivity (Wildman–Crippen MR) is 147 cm³/mol. The molecular formula is C32H31NO2. The Balaban J connectivity index is 1.67. The van der Waals surface area contributed by atoms with Crippen LogP contribution < -0.4 is 4.90 Å². The van der Waals surface area contributed by atoms with Crippen molar-refractivity contribution in [3.8, 4) is 11.1 Å². The average molecular weight is 462 g/mol. The molecule has 0 unspecified atom stereocenters. The molecule has 0 amide bonds. The number of aliphatic carboxylic acids is 1. The maximum atomic E-state index is 10.8. The standard InChI is InChI=1S/C32H31NO2/c1-23-5-16-28(17-6-23)33(29-18-7-24(8-19-29)9-22-31(34)35)30-20-12-26(13-21-30)25-10-14-27(15-11-25)32(2,3)4/h5-22H,1-4H3,(H,34,35)/b22-9+. The van der Waals surface area contributed by atoms with Gasteiger partial charge in [-0.1, -0.05) is 87.0 Å². The first kappa shape index (κ1) is 24.0. The lowest BCUT2D eigenvalue weighted by Gasteiger charge is -2.26. The molecule has 3 nitrogen and oxygen atoms in total. The van der Waals surface area contributed by atoms with Gasteiger partial charge in [-0.3, -0.25) is 0 Å². The summed E-state index contributed by atoms with van der Waals surface area (Å²) < 4.78 is 0. The first-order valence-corrected chi connectivity index (χ1v) is 11.8. The van der Waals surface area contributed by atoms with E-state index in [0.717, 1.165) is 28.7 Å². The van der Waals surface area contributed by atoms with Crippen LogP contribution >= 0.6 is 0 Å². The van der Waals surface area contributed by atoms with Crippen LogP contribution in [0.2, 0.25) is 0 Å². The normalized spacial score (nSPS) is 11.5. The van der Waals surface area contributed by atoms with Gasteiger partial charge in [0.1, 0.15) is 0 Å². The Hall–Kier alpha value is -4.11. The fourth-order valence-electron chi connectivity index (χ4n) is 4.01. The van der Waals surface area contributed by atoms with Crippen LogP contribution in [0.3, 0.4) is 0 Å². The van der Waals surface area contributed by atoms with E-state index in [1.807, 2.05) is 24.3 Å². The molecule has 0 saturated heterocycles. The van der Waals surface area contributed by atoms with Gasteiger partial charge in [0.2, 0.25) is 0 Å². The zero-order chi connectivity index (χ0) is 25.0. The van der Waals surface area contributed by atoms with Gasteiger partial charge in [0.25, 0.3) is 0 Å². The van der Waals surface area contributed by atoms with Crippen LogP contribution in [0.1, 0.15) is 37.5 Å². The number of carboxylic acid groups (broad SMARTS) is 1. The fraction of sp³-hybridized carbons (Fsp3) is 0.156. The van der Waals surface area contributed by atoms with Crippen LogP contribution in [0.5, 0.6) is 0 Å². The van der Waals surface area contributed by atoms with Gasteiger partial charge in [0, 0.05) is 23.1 Å². The monoisotopic (exact) mass is 461 g/mol. The minimum absolute atomic E-state index is 0.135. The summed E-state index contributed by atoms with van der Waals surface area (Å²) in [5.74, 6) is -0.955. The van der Waals surface area contributed by atoms with Gasteiger partial charge >= 0.3 is 5.97 Å². The van der Waals surface area contributed by atoms with E-state index < -0.39 is 5.97 Å². The summed E-state index contributed by atoms with van der Waals surface area (Å²) in [5, 5.41) is 8.90. The van der Waals surface area contributed by atoms with Crippen LogP contribution in [0.25, 0.3) is 17.2 Å². The van der Waals surface area contributed by atoms with Crippen molar-refractivity contribution in [2.75, 3.05) is 4.90 Å². The number of nitrogens with zero attached hydrogens (tertiary/aromatic N) is 1. The molecule has 0 aliphatic rings. The third-order valence-electron chi connectivity index (χ3n) is 6.07. The van der Waals surface area contributed by atoms with E-state index in [4.69, 9.17) is 5.11 Å². The summed E-state index contributed by atoms with van der Waals surface area (Å²) >= 11 is 0. The molecule has 3 heteroatoms. The highest BCUT2D eigenvalue weighted by atomic mass is 16.4. The number of rotatable bonds is 6. The fourth-order valence-corrected chi connectivity index (χ4v) is 4.01. The molecule has 0 saturated carbocycles. The third kappa shape index (κ3) is 5.88. The highest BCUT2D eigenvalue weighted by molar-refractivity contribution is 5.85. The molecule has 0 aliphatic heterocycles. The Morgan fingerprint density at radius 2 is 1.11 bits per heavy atom. The lowest BCUT2D eigenvalue weighted by atomic mass is 9.86. The molecule has 0 radical (unpaired) electrons. The summed E-state index contributed by atoms with van der Waals surface area (Å²) in [6.07, 6.45) is 2.75. The zero-order valence-corrected chi connectivity index (χ0v) is 20.7. The minimum atomic E-state index is -0.955. The number of carboxylic acids is 1. The molecule has 0 atom stereocenters. The van der Waals surface area contributed by atoms with E-state index in [2.05, 4.69) is 105 Å². The summed E-state index contributed by atoms with van der Waals surface area (Å²) in [5.41, 5.74) is 8.99. The number of hydrogen-bond donors (Lipinski definition) is 1. The smallest absolute Gasteiger partial charge is 0.328 e. The van der Waals surface area contributed by atoms with Crippen LogP contribution in [0, 0.1) is 6.92 Å². The zero-order valence-electron chi connectivity index (χ0n) is 20.7. The number of hydrogen-bond acceptors (Lipinski definition) is 2. The second-order valence-corrected chi connectivity index (χ2v) is 9.81. The topological polar surface area (TPSA) is 40.5 Å². The molecule has 0 heterocycles. The molecule has 1 N–H and O–H groups in total. The Labute approximate surface area is 208 Å².